The molecule has 0 aromatic rings. The van der Waals surface area contributed by atoms with Crippen LogP contribution in [0.25, 0.3) is 0 Å². The lowest BCUT2D eigenvalue weighted by molar-refractivity contribution is -0.142. The van der Waals surface area contributed by atoms with Crippen LogP contribution in [0.4, 0.5) is 0 Å². The molecule has 0 aromatic heterocycles. The molecule has 68 valence electrons. The third-order valence-electron chi connectivity index (χ3n) is 2.01. The van der Waals surface area contributed by atoms with Gasteiger partial charge >= 0.3 is 5.97 Å². The van der Waals surface area contributed by atoms with Crippen LogP contribution in [-0.2, 0) is 14.3 Å². The number of carbonyl (C=O) groups is 2. The predicted molar refractivity (Wildman–Crippen MR) is 42.4 cm³/mol. The lowest BCUT2D eigenvalue weighted by Crippen LogP contribution is -2.34. The van der Waals surface area contributed by atoms with Crippen LogP contribution in [-0.4, -0.2) is 24.4 Å². The number of nitrogens with two attached hydrogens (primary N) is 1. The number of esters is 1. The van der Waals surface area contributed by atoms with E-state index >= 15 is 0 Å². The Hall–Kier alpha value is -0.900. The van der Waals surface area contributed by atoms with E-state index in [-0.39, 0.29) is 18.1 Å². The van der Waals surface area contributed by atoms with Gasteiger partial charge in [0.15, 0.2) is 0 Å². The van der Waals surface area contributed by atoms with E-state index in [1.165, 1.54) is 0 Å². The Morgan fingerprint density at radius 1 is 1.75 bits per heavy atom. The minimum atomic E-state index is -0.179. The molecule has 1 saturated heterocycles. The van der Waals surface area contributed by atoms with Gasteiger partial charge in [0.05, 0.1) is 0 Å². The summed E-state index contributed by atoms with van der Waals surface area (Å²) in [6, 6.07) is -0.179. The first-order valence-electron chi connectivity index (χ1n) is 4.12. The zero-order chi connectivity index (χ0) is 8.97. The number of hydrogen-bond acceptors (Lipinski definition) is 4. The summed E-state index contributed by atoms with van der Waals surface area (Å²) in [5.74, 6) is -0.179. The average molecular weight is 171 g/mol. The highest BCUT2D eigenvalue weighted by Crippen LogP contribution is 2.17. The largest absolute Gasteiger partial charge is 0.461 e. The normalized spacial score (nSPS) is 25.1. The van der Waals surface area contributed by atoms with Gasteiger partial charge in [-0.15, -0.1) is 0 Å². The smallest absolute Gasteiger partial charge is 0.306 e. The molecule has 4 heteroatoms. The summed E-state index contributed by atoms with van der Waals surface area (Å²) in [6.07, 6.45) is 2.85. The molecular formula is C8H13NO3. The Bertz CT molecular complexity index is 181. The highest BCUT2D eigenvalue weighted by atomic mass is 16.5. The van der Waals surface area contributed by atoms with Crippen LogP contribution in [0, 0.1) is 0 Å². The van der Waals surface area contributed by atoms with Crippen LogP contribution >= 0.6 is 0 Å². The predicted octanol–water partition coefficient (Wildman–Crippen LogP) is -0.00160. The third kappa shape index (κ3) is 2.30. The number of hydrogen-bond donors (Lipinski definition) is 1. The van der Waals surface area contributed by atoms with Crippen molar-refractivity contribution in [1.29, 1.82) is 0 Å². The van der Waals surface area contributed by atoms with Crippen LogP contribution in [0.3, 0.4) is 0 Å². The highest BCUT2D eigenvalue weighted by Gasteiger charge is 2.28. The van der Waals surface area contributed by atoms with Crippen LogP contribution < -0.4 is 5.73 Å². The Balaban J connectivity index is 2.27. The van der Waals surface area contributed by atoms with E-state index < -0.39 is 0 Å². The number of carbonyl (C=O) groups excluding carboxylic acids is 2. The summed E-state index contributed by atoms with van der Waals surface area (Å²) in [6.45, 7) is 0. The van der Waals surface area contributed by atoms with E-state index in [4.69, 9.17) is 10.5 Å². The first-order valence-corrected chi connectivity index (χ1v) is 4.12. The topological polar surface area (TPSA) is 69.4 Å². The Morgan fingerprint density at radius 3 is 3.00 bits per heavy atom. The van der Waals surface area contributed by atoms with Gasteiger partial charge in [-0.2, -0.15) is 0 Å². The standard InChI is InChI=1S/C8H13NO3/c9-6(2-1-5-10)7-3-4-8(11)12-7/h5-7H,1-4,9H2. The van der Waals surface area contributed by atoms with Crippen molar-refractivity contribution in [2.45, 2.75) is 37.8 Å². The lowest BCUT2D eigenvalue weighted by Gasteiger charge is -2.16. The van der Waals surface area contributed by atoms with E-state index in [2.05, 4.69) is 0 Å². The number of aldehydes is 1. The first kappa shape index (κ1) is 9.19. The zero-order valence-corrected chi connectivity index (χ0v) is 6.86. The second-order valence-corrected chi connectivity index (χ2v) is 2.97. The summed E-state index contributed by atoms with van der Waals surface area (Å²) in [7, 11) is 0. The summed E-state index contributed by atoms with van der Waals surface area (Å²) in [5.41, 5.74) is 5.69. The summed E-state index contributed by atoms with van der Waals surface area (Å²) in [4.78, 5) is 20.7. The molecule has 0 amide bonds. The lowest BCUT2D eigenvalue weighted by atomic mass is 10.0. The molecule has 0 spiro atoms. The highest BCUT2D eigenvalue weighted by molar-refractivity contribution is 5.71. The molecule has 2 atom stereocenters. The van der Waals surface area contributed by atoms with Crippen molar-refractivity contribution in [3.05, 3.63) is 0 Å². The van der Waals surface area contributed by atoms with E-state index in [0.29, 0.717) is 25.7 Å². The average Bonchev–Trinajstić information content (AvgIpc) is 2.47. The molecule has 0 aliphatic carbocycles. The van der Waals surface area contributed by atoms with Gasteiger partial charge in [-0.25, -0.2) is 0 Å². The van der Waals surface area contributed by atoms with Gasteiger partial charge in [-0.1, -0.05) is 0 Å². The minimum absolute atomic E-state index is 0.169. The Kier molecular flexibility index (Phi) is 3.22. The fraction of sp³-hybridized carbons (Fsp3) is 0.750. The molecule has 0 saturated carbocycles. The van der Waals surface area contributed by atoms with Crippen molar-refractivity contribution in [3.63, 3.8) is 0 Å². The third-order valence-corrected chi connectivity index (χ3v) is 2.01. The van der Waals surface area contributed by atoms with E-state index in [0.717, 1.165) is 6.29 Å². The van der Waals surface area contributed by atoms with Crippen molar-refractivity contribution in [1.82, 2.24) is 0 Å². The van der Waals surface area contributed by atoms with E-state index in [1.54, 1.807) is 0 Å². The monoisotopic (exact) mass is 171 g/mol. The Morgan fingerprint density at radius 2 is 2.50 bits per heavy atom. The van der Waals surface area contributed by atoms with Gasteiger partial charge in [0.25, 0.3) is 0 Å². The SMILES string of the molecule is NC(CCC=O)C1CCC(=O)O1. The van der Waals surface area contributed by atoms with Crippen LogP contribution in [0.15, 0.2) is 0 Å². The van der Waals surface area contributed by atoms with Gasteiger partial charge in [0.2, 0.25) is 0 Å². The van der Waals surface area contributed by atoms with Crippen molar-refractivity contribution in [3.8, 4) is 0 Å². The Labute approximate surface area is 71.1 Å². The van der Waals surface area contributed by atoms with Gasteiger partial charge in [0.1, 0.15) is 12.4 Å². The molecule has 0 bridgehead atoms. The van der Waals surface area contributed by atoms with Gasteiger partial charge in [-0.05, 0) is 12.8 Å². The molecule has 2 N–H and O–H groups in total. The van der Waals surface area contributed by atoms with Gasteiger partial charge in [0, 0.05) is 18.9 Å². The van der Waals surface area contributed by atoms with Crippen LogP contribution in [0.1, 0.15) is 25.7 Å². The van der Waals surface area contributed by atoms with Crippen LogP contribution in [0.2, 0.25) is 0 Å². The summed E-state index contributed by atoms with van der Waals surface area (Å²) < 4.78 is 4.94. The van der Waals surface area contributed by atoms with Crippen molar-refractivity contribution in [2.24, 2.45) is 5.73 Å². The minimum Gasteiger partial charge on any atom is -0.461 e. The fourth-order valence-electron chi connectivity index (χ4n) is 1.29. The van der Waals surface area contributed by atoms with Crippen LogP contribution in [0.5, 0.6) is 0 Å². The summed E-state index contributed by atoms with van der Waals surface area (Å²) >= 11 is 0. The summed E-state index contributed by atoms with van der Waals surface area (Å²) in [5, 5.41) is 0. The second kappa shape index (κ2) is 4.21. The van der Waals surface area contributed by atoms with Gasteiger partial charge < -0.3 is 15.3 Å². The maximum absolute atomic E-state index is 10.7. The van der Waals surface area contributed by atoms with Crippen molar-refractivity contribution < 1.29 is 14.3 Å². The molecule has 2 unspecified atom stereocenters. The molecule has 4 nitrogen and oxygen atoms in total. The zero-order valence-electron chi connectivity index (χ0n) is 6.86. The second-order valence-electron chi connectivity index (χ2n) is 2.97. The number of ether oxygens (including phenoxy) is 1. The molecule has 0 aromatic carbocycles. The molecule has 1 fully saturated rings. The molecule has 1 rings (SSSR count). The maximum Gasteiger partial charge on any atom is 0.306 e. The first-order chi connectivity index (χ1) is 5.74. The molecular weight excluding hydrogens is 158 g/mol. The van der Waals surface area contributed by atoms with E-state index in [9.17, 15) is 9.59 Å². The van der Waals surface area contributed by atoms with Gasteiger partial charge in [-0.3, -0.25) is 4.79 Å². The molecule has 1 aliphatic heterocycles. The fourth-order valence-corrected chi connectivity index (χ4v) is 1.29. The number of cyclic esters (lactones) is 1. The maximum atomic E-state index is 10.7. The molecule has 1 heterocycles. The quantitative estimate of drug-likeness (QED) is 0.477. The molecule has 1 aliphatic rings. The van der Waals surface area contributed by atoms with Crippen molar-refractivity contribution >= 4 is 12.3 Å². The molecule has 12 heavy (non-hydrogen) atoms. The number of rotatable bonds is 4. The molecule has 0 radical (unpaired) electrons. The van der Waals surface area contributed by atoms with E-state index in [1.807, 2.05) is 0 Å². The van der Waals surface area contributed by atoms with Crippen molar-refractivity contribution in [2.75, 3.05) is 0 Å².